The van der Waals surface area contributed by atoms with E-state index in [9.17, 15) is 4.79 Å². The van der Waals surface area contributed by atoms with Crippen molar-refractivity contribution in [1.29, 1.82) is 0 Å². The highest BCUT2D eigenvalue weighted by molar-refractivity contribution is 5.99. The van der Waals surface area contributed by atoms with E-state index in [1.165, 1.54) is 0 Å². The molecule has 0 spiro atoms. The van der Waals surface area contributed by atoms with E-state index in [1.807, 2.05) is 55.5 Å². The van der Waals surface area contributed by atoms with Gasteiger partial charge in [-0.15, -0.1) is 0 Å². The molecule has 0 bridgehead atoms. The Morgan fingerprint density at radius 1 is 1.05 bits per heavy atom. The van der Waals surface area contributed by atoms with Crippen molar-refractivity contribution in [2.24, 2.45) is 5.92 Å². The van der Waals surface area contributed by atoms with Gasteiger partial charge in [-0.1, -0.05) is 44.2 Å². The molecular formula is C20H24O2. The third kappa shape index (κ3) is 3.97. The molecule has 0 radical (unpaired) electrons. The summed E-state index contributed by atoms with van der Waals surface area (Å²) in [5.74, 6) is 1.18. The second-order valence-corrected chi connectivity index (χ2v) is 5.63. The zero-order valence-electron chi connectivity index (χ0n) is 13.6. The lowest BCUT2D eigenvalue weighted by Gasteiger charge is -2.14. The van der Waals surface area contributed by atoms with E-state index in [0.717, 1.165) is 35.3 Å². The number of carbonyl (C=O) groups excluding carboxylic acids is 1. The Morgan fingerprint density at radius 3 is 2.32 bits per heavy atom. The van der Waals surface area contributed by atoms with Gasteiger partial charge in [0.1, 0.15) is 12.4 Å². The molecule has 0 atom stereocenters. The van der Waals surface area contributed by atoms with Gasteiger partial charge < -0.3 is 4.74 Å². The Hall–Kier alpha value is -2.09. The van der Waals surface area contributed by atoms with Crippen LogP contribution < -0.4 is 4.74 Å². The number of aryl methyl sites for hydroxylation is 1. The Morgan fingerprint density at radius 2 is 1.73 bits per heavy atom. The standard InChI is InChI=1S/C20H24O2/c1-4-17(5-2)20(21)19-12-11-18(13-15(19)3)22-14-16-9-7-6-8-10-16/h6-13,17H,4-5,14H2,1-3H3. The molecule has 0 N–H and O–H groups in total. The number of benzene rings is 2. The Balaban J connectivity index is 2.08. The van der Waals surface area contributed by atoms with Crippen LogP contribution in [0.1, 0.15) is 48.2 Å². The van der Waals surface area contributed by atoms with E-state index in [2.05, 4.69) is 13.8 Å². The van der Waals surface area contributed by atoms with Crippen LogP contribution in [0.4, 0.5) is 0 Å². The summed E-state index contributed by atoms with van der Waals surface area (Å²) in [7, 11) is 0. The minimum absolute atomic E-state index is 0.120. The highest BCUT2D eigenvalue weighted by Crippen LogP contribution is 2.23. The molecule has 116 valence electrons. The summed E-state index contributed by atoms with van der Waals surface area (Å²) >= 11 is 0. The molecule has 0 aromatic heterocycles. The van der Waals surface area contributed by atoms with Gasteiger partial charge in [0.25, 0.3) is 0 Å². The number of hydrogen-bond donors (Lipinski definition) is 0. The van der Waals surface area contributed by atoms with Gasteiger partial charge in [0.2, 0.25) is 0 Å². The molecule has 22 heavy (non-hydrogen) atoms. The second kappa shape index (κ2) is 7.79. The SMILES string of the molecule is CCC(CC)C(=O)c1ccc(OCc2ccccc2)cc1C. The van der Waals surface area contributed by atoms with Crippen molar-refractivity contribution in [2.75, 3.05) is 0 Å². The minimum atomic E-state index is 0.120. The van der Waals surface area contributed by atoms with Crippen molar-refractivity contribution in [3.05, 3.63) is 65.2 Å². The van der Waals surface area contributed by atoms with Crippen LogP contribution in [-0.4, -0.2) is 5.78 Å². The van der Waals surface area contributed by atoms with Crippen molar-refractivity contribution in [3.8, 4) is 5.75 Å². The fraction of sp³-hybridized carbons (Fsp3) is 0.350. The van der Waals surface area contributed by atoms with Crippen molar-refractivity contribution in [1.82, 2.24) is 0 Å². The van der Waals surface area contributed by atoms with E-state index < -0.39 is 0 Å². The highest BCUT2D eigenvalue weighted by atomic mass is 16.5. The molecule has 0 aliphatic heterocycles. The fourth-order valence-corrected chi connectivity index (χ4v) is 2.62. The lowest BCUT2D eigenvalue weighted by atomic mass is 9.91. The molecule has 2 aromatic carbocycles. The predicted octanol–water partition coefficient (Wildman–Crippen LogP) is 5.19. The number of Topliss-reactive ketones (excluding diaryl/α,β-unsaturated/α-hetero) is 1. The number of hydrogen-bond acceptors (Lipinski definition) is 2. The summed E-state index contributed by atoms with van der Waals surface area (Å²) in [5.41, 5.74) is 2.94. The Bertz CT molecular complexity index is 613. The minimum Gasteiger partial charge on any atom is -0.489 e. The molecule has 0 saturated heterocycles. The lowest BCUT2D eigenvalue weighted by Crippen LogP contribution is -2.14. The van der Waals surface area contributed by atoms with Crippen LogP contribution in [0.25, 0.3) is 0 Å². The predicted molar refractivity (Wildman–Crippen MR) is 90.4 cm³/mol. The van der Waals surface area contributed by atoms with Crippen LogP contribution >= 0.6 is 0 Å². The average Bonchev–Trinajstić information content (AvgIpc) is 2.55. The van der Waals surface area contributed by atoms with Crippen LogP contribution in [0.3, 0.4) is 0 Å². The molecule has 0 heterocycles. The first-order chi connectivity index (χ1) is 10.7. The molecule has 0 aliphatic rings. The normalized spacial score (nSPS) is 10.7. The molecule has 2 nitrogen and oxygen atoms in total. The molecule has 0 aliphatic carbocycles. The first kappa shape index (κ1) is 16.3. The van der Waals surface area contributed by atoms with Crippen LogP contribution in [0.5, 0.6) is 5.75 Å². The molecule has 0 amide bonds. The highest BCUT2D eigenvalue weighted by Gasteiger charge is 2.18. The summed E-state index contributed by atoms with van der Waals surface area (Å²) < 4.78 is 5.81. The molecule has 2 aromatic rings. The quantitative estimate of drug-likeness (QED) is 0.657. The van der Waals surface area contributed by atoms with Crippen molar-refractivity contribution >= 4 is 5.78 Å². The third-order valence-corrected chi connectivity index (χ3v) is 4.07. The van der Waals surface area contributed by atoms with Gasteiger partial charge >= 0.3 is 0 Å². The van der Waals surface area contributed by atoms with Gasteiger partial charge in [0.05, 0.1) is 0 Å². The summed E-state index contributed by atoms with van der Waals surface area (Å²) in [4.78, 5) is 12.5. The number of rotatable bonds is 7. The largest absolute Gasteiger partial charge is 0.489 e. The van der Waals surface area contributed by atoms with Crippen molar-refractivity contribution in [3.63, 3.8) is 0 Å². The second-order valence-electron chi connectivity index (χ2n) is 5.63. The van der Waals surface area contributed by atoms with E-state index >= 15 is 0 Å². The smallest absolute Gasteiger partial charge is 0.166 e. The maximum atomic E-state index is 12.5. The summed E-state index contributed by atoms with van der Waals surface area (Å²) in [6, 6.07) is 15.8. The maximum absolute atomic E-state index is 12.5. The van der Waals surface area contributed by atoms with E-state index in [0.29, 0.717) is 6.61 Å². The summed E-state index contributed by atoms with van der Waals surface area (Å²) in [5, 5.41) is 0. The van der Waals surface area contributed by atoms with Gasteiger partial charge in [-0.05, 0) is 49.1 Å². The monoisotopic (exact) mass is 296 g/mol. The Labute approximate surface area is 133 Å². The summed E-state index contributed by atoms with van der Waals surface area (Å²) in [6.07, 6.45) is 1.78. The van der Waals surface area contributed by atoms with Crippen LogP contribution in [0.2, 0.25) is 0 Å². The van der Waals surface area contributed by atoms with E-state index in [4.69, 9.17) is 4.74 Å². The zero-order valence-corrected chi connectivity index (χ0v) is 13.6. The van der Waals surface area contributed by atoms with Crippen LogP contribution in [0, 0.1) is 12.8 Å². The summed E-state index contributed by atoms with van der Waals surface area (Å²) in [6.45, 7) is 6.66. The molecule has 0 saturated carbocycles. The maximum Gasteiger partial charge on any atom is 0.166 e. The third-order valence-electron chi connectivity index (χ3n) is 4.07. The van der Waals surface area contributed by atoms with Gasteiger partial charge in [-0.25, -0.2) is 0 Å². The van der Waals surface area contributed by atoms with Gasteiger partial charge in [-0.2, -0.15) is 0 Å². The van der Waals surface area contributed by atoms with Crippen LogP contribution in [0.15, 0.2) is 48.5 Å². The van der Waals surface area contributed by atoms with Gasteiger partial charge in [-0.3, -0.25) is 4.79 Å². The average molecular weight is 296 g/mol. The Kier molecular flexibility index (Phi) is 5.76. The van der Waals surface area contributed by atoms with Crippen molar-refractivity contribution in [2.45, 2.75) is 40.2 Å². The molecular weight excluding hydrogens is 272 g/mol. The lowest BCUT2D eigenvalue weighted by molar-refractivity contribution is 0.0912. The number of ether oxygens (including phenoxy) is 1. The van der Waals surface area contributed by atoms with Crippen molar-refractivity contribution < 1.29 is 9.53 Å². The number of carbonyl (C=O) groups is 1. The molecule has 2 rings (SSSR count). The fourth-order valence-electron chi connectivity index (χ4n) is 2.62. The molecule has 0 unspecified atom stereocenters. The molecule has 2 heteroatoms. The van der Waals surface area contributed by atoms with Gasteiger partial charge in [0.15, 0.2) is 5.78 Å². The van der Waals surface area contributed by atoms with Crippen LogP contribution in [-0.2, 0) is 6.61 Å². The zero-order chi connectivity index (χ0) is 15.9. The first-order valence-electron chi connectivity index (χ1n) is 7.97. The number of ketones is 1. The topological polar surface area (TPSA) is 26.3 Å². The first-order valence-corrected chi connectivity index (χ1v) is 7.97. The van der Waals surface area contributed by atoms with E-state index in [-0.39, 0.29) is 11.7 Å². The van der Waals surface area contributed by atoms with E-state index in [1.54, 1.807) is 0 Å². The van der Waals surface area contributed by atoms with Gasteiger partial charge in [0, 0.05) is 11.5 Å². The molecule has 0 fully saturated rings.